The molecule has 3 rings (SSSR count). The molecule has 1 aliphatic heterocycles. The summed E-state index contributed by atoms with van der Waals surface area (Å²) in [5.74, 6) is -0.175. The number of carbonyl (C=O) groups is 2. The average molecular weight is 365 g/mol. The molecule has 2 N–H and O–H groups in total. The van der Waals surface area contributed by atoms with Crippen LogP contribution in [0.3, 0.4) is 0 Å². The van der Waals surface area contributed by atoms with Crippen molar-refractivity contribution in [3.63, 3.8) is 0 Å². The van der Waals surface area contributed by atoms with Crippen molar-refractivity contribution in [3.8, 4) is 0 Å². The van der Waals surface area contributed by atoms with E-state index in [2.05, 4.69) is 46.7 Å². The smallest absolute Gasteiger partial charge is 0.251 e. The predicted octanol–water partition coefficient (Wildman–Crippen LogP) is 3.35. The number of anilines is 1. The molecule has 2 aromatic rings. The molecule has 1 fully saturated rings. The van der Waals surface area contributed by atoms with Gasteiger partial charge in [-0.25, -0.2) is 0 Å². The fourth-order valence-electron chi connectivity index (χ4n) is 3.48. The van der Waals surface area contributed by atoms with Gasteiger partial charge < -0.3 is 10.6 Å². The second-order valence-corrected chi connectivity index (χ2v) is 7.27. The van der Waals surface area contributed by atoms with Crippen molar-refractivity contribution in [1.29, 1.82) is 0 Å². The monoisotopic (exact) mass is 365 g/mol. The highest BCUT2D eigenvalue weighted by Gasteiger charge is 2.21. The van der Waals surface area contributed by atoms with Crippen LogP contribution < -0.4 is 10.6 Å². The average Bonchev–Trinajstić information content (AvgIpc) is 2.63. The molecule has 2 amide bonds. The van der Waals surface area contributed by atoms with Gasteiger partial charge >= 0.3 is 0 Å². The van der Waals surface area contributed by atoms with Crippen molar-refractivity contribution in [3.05, 3.63) is 65.2 Å². The summed E-state index contributed by atoms with van der Waals surface area (Å²) < 4.78 is 0. The lowest BCUT2D eigenvalue weighted by Crippen LogP contribution is -2.44. The number of nitrogens with zero attached hydrogens (tertiary/aromatic N) is 1. The molecule has 5 heteroatoms. The highest BCUT2D eigenvalue weighted by atomic mass is 16.2. The molecule has 0 aliphatic carbocycles. The third-order valence-electron chi connectivity index (χ3n) is 4.88. The number of amides is 2. The van der Waals surface area contributed by atoms with Crippen molar-refractivity contribution in [1.82, 2.24) is 10.2 Å². The lowest BCUT2D eigenvalue weighted by molar-refractivity contribution is -0.114. The minimum atomic E-state index is -0.121. The van der Waals surface area contributed by atoms with E-state index in [0.29, 0.717) is 11.3 Å². The van der Waals surface area contributed by atoms with E-state index >= 15 is 0 Å². The van der Waals surface area contributed by atoms with Crippen molar-refractivity contribution in [2.45, 2.75) is 39.3 Å². The number of likely N-dealkylation sites (tertiary alicyclic amines) is 1. The van der Waals surface area contributed by atoms with E-state index in [-0.39, 0.29) is 17.9 Å². The Morgan fingerprint density at radius 1 is 1.07 bits per heavy atom. The molecule has 27 heavy (non-hydrogen) atoms. The molecule has 0 radical (unpaired) electrons. The SMILES string of the molecule is CC(=O)Nc1ccc(C(=O)NC2CCN(Cc3cccc(C)c3)CC2)cc1. The van der Waals surface area contributed by atoms with Gasteiger partial charge in [0.25, 0.3) is 5.91 Å². The molecule has 1 aliphatic rings. The number of nitrogens with one attached hydrogen (secondary N) is 2. The van der Waals surface area contributed by atoms with Gasteiger partial charge in [0.1, 0.15) is 0 Å². The first-order chi connectivity index (χ1) is 13.0. The van der Waals surface area contributed by atoms with Gasteiger partial charge in [-0.2, -0.15) is 0 Å². The van der Waals surface area contributed by atoms with E-state index in [1.807, 2.05) is 0 Å². The summed E-state index contributed by atoms with van der Waals surface area (Å²) in [5, 5.41) is 5.84. The Morgan fingerprint density at radius 2 is 1.78 bits per heavy atom. The highest BCUT2D eigenvalue weighted by molar-refractivity contribution is 5.95. The maximum atomic E-state index is 12.4. The maximum Gasteiger partial charge on any atom is 0.251 e. The van der Waals surface area contributed by atoms with Crippen molar-refractivity contribution >= 4 is 17.5 Å². The summed E-state index contributed by atoms with van der Waals surface area (Å²) in [6, 6.07) is 15.8. The molecule has 142 valence electrons. The quantitative estimate of drug-likeness (QED) is 0.854. The first-order valence-corrected chi connectivity index (χ1v) is 9.46. The molecule has 0 atom stereocenters. The van der Waals surface area contributed by atoms with Gasteiger partial charge in [0, 0.05) is 43.9 Å². The van der Waals surface area contributed by atoms with Gasteiger partial charge in [0.05, 0.1) is 0 Å². The van der Waals surface area contributed by atoms with Gasteiger partial charge in [-0.1, -0.05) is 29.8 Å². The van der Waals surface area contributed by atoms with Crippen LogP contribution >= 0.6 is 0 Å². The minimum Gasteiger partial charge on any atom is -0.349 e. The number of piperidine rings is 1. The number of carbonyl (C=O) groups excluding carboxylic acids is 2. The van der Waals surface area contributed by atoms with Crippen LogP contribution in [0, 0.1) is 6.92 Å². The zero-order valence-electron chi connectivity index (χ0n) is 16.0. The number of aryl methyl sites for hydroxylation is 1. The van der Waals surface area contributed by atoms with Crippen LogP contribution in [0.1, 0.15) is 41.3 Å². The summed E-state index contributed by atoms with van der Waals surface area (Å²) in [6.07, 6.45) is 1.92. The van der Waals surface area contributed by atoms with E-state index in [9.17, 15) is 9.59 Å². The third kappa shape index (κ3) is 5.66. The van der Waals surface area contributed by atoms with Crippen LogP contribution in [0.4, 0.5) is 5.69 Å². The molecule has 1 saturated heterocycles. The van der Waals surface area contributed by atoms with Crippen LogP contribution in [0.25, 0.3) is 0 Å². The number of hydrogen-bond donors (Lipinski definition) is 2. The topological polar surface area (TPSA) is 61.4 Å². The Labute approximate surface area is 160 Å². The molecule has 2 aromatic carbocycles. The fraction of sp³-hybridized carbons (Fsp3) is 0.364. The van der Waals surface area contributed by atoms with Crippen LogP contribution in [0.5, 0.6) is 0 Å². The maximum absolute atomic E-state index is 12.4. The zero-order valence-corrected chi connectivity index (χ0v) is 16.0. The van der Waals surface area contributed by atoms with Crippen LogP contribution in [0.15, 0.2) is 48.5 Å². The lowest BCUT2D eigenvalue weighted by Gasteiger charge is -2.32. The third-order valence-corrected chi connectivity index (χ3v) is 4.88. The van der Waals surface area contributed by atoms with Gasteiger partial charge in [-0.15, -0.1) is 0 Å². The van der Waals surface area contributed by atoms with E-state index in [1.54, 1.807) is 24.3 Å². The Morgan fingerprint density at radius 3 is 2.41 bits per heavy atom. The second-order valence-electron chi connectivity index (χ2n) is 7.27. The van der Waals surface area contributed by atoms with Gasteiger partial charge in [-0.3, -0.25) is 14.5 Å². The van der Waals surface area contributed by atoms with Crippen molar-refractivity contribution in [2.24, 2.45) is 0 Å². The van der Waals surface area contributed by atoms with E-state index in [1.165, 1.54) is 18.1 Å². The standard InChI is InChI=1S/C22H27N3O2/c1-16-4-3-5-18(14-16)15-25-12-10-21(11-13-25)24-22(27)19-6-8-20(9-7-19)23-17(2)26/h3-9,14,21H,10-13,15H2,1-2H3,(H,23,26)(H,24,27). The van der Waals surface area contributed by atoms with Gasteiger partial charge in [-0.05, 0) is 49.6 Å². The number of benzene rings is 2. The normalized spacial score (nSPS) is 15.3. The molecule has 0 saturated carbocycles. The summed E-state index contributed by atoms with van der Waals surface area (Å²) in [5.41, 5.74) is 3.95. The summed E-state index contributed by atoms with van der Waals surface area (Å²) in [7, 11) is 0. The molecular formula is C22H27N3O2. The first kappa shape index (κ1) is 19.1. The van der Waals surface area contributed by atoms with E-state index < -0.39 is 0 Å². The van der Waals surface area contributed by atoms with Crippen LogP contribution in [0.2, 0.25) is 0 Å². The Kier molecular flexibility index (Phi) is 6.24. The van der Waals surface area contributed by atoms with E-state index in [4.69, 9.17) is 0 Å². The largest absolute Gasteiger partial charge is 0.349 e. The van der Waals surface area contributed by atoms with Crippen molar-refractivity contribution in [2.75, 3.05) is 18.4 Å². The van der Waals surface area contributed by atoms with E-state index in [0.717, 1.165) is 32.5 Å². The minimum absolute atomic E-state index is 0.0542. The lowest BCUT2D eigenvalue weighted by atomic mass is 10.0. The van der Waals surface area contributed by atoms with Gasteiger partial charge in [0.15, 0.2) is 0 Å². The number of rotatable bonds is 5. The highest BCUT2D eigenvalue weighted by Crippen LogP contribution is 2.16. The van der Waals surface area contributed by atoms with Crippen LogP contribution in [-0.2, 0) is 11.3 Å². The molecule has 0 bridgehead atoms. The molecule has 0 aromatic heterocycles. The van der Waals surface area contributed by atoms with Crippen molar-refractivity contribution < 1.29 is 9.59 Å². The zero-order chi connectivity index (χ0) is 19.2. The molecule has 1 heterocycles. The fourth-order valence-corrected chi connectivity index (χ4v) is 3.48. The summed E-state index contributed by atoms with van der Waals surface area (Å²) in [4.78, 5) is 25.9. The molecular weight excluding hydrogens is 338 g/mol. The number of hydrogen-bond acceptors (Lipinski definition) is 3. The molecule has 5 nitrogen and oxygen atoms in total. The van der Waals surface area contributed by atoms with Crippen LogP contribution in [-0.4, -0.2) is 35.8 Å². The Bertz CT molecular complexity index is 793. The first-order valence-electron chi connectivity index (χ1n) is 9.46. The van der Waals surface area contributed by atoms with Gasteiger partial charge in [0.2, 0.25) is 5.91 Å². The predicted molar refractivity (Wildman–Crippen MR) is 108 cm³/mol. The molecule has 0 unspecified atom stereocenters. The second kappa shape index (κ2) is 8.82. The summed E-state index contributed by atoms with van der Waals surface area (Å²) in [6.45, 7) is 6.52. The Hall–Kier alpha value is -2.66. The summed E-state index contributed by atoms with van der Waals surface area (Å²) >= 11 is 0. The molecule has 0 spiro atoms. The Balaban J connectivity index is 1.47.